The standard InChI is InChI=1S/C19H34O3/c1-3-8-16-9-11-17(12-10-16)21-18(20)22-19(13-4-2)14-6-5-7-15-19/h16-17H,3-15H2,1-2H3. The van der Waals surface area contributed by atoms with Crippen LogP contribution in [0, 0.1) is 5.92 Å². The number of hydrogen-bond donors (Lipinski definition) is 0. The Morgan fingerprint density at radius 3 is 2.27 bits per heavy atom. The van der Waals surface area contributed by atoms with Gasteiger partial charge in [0.05, 0.1) is 0 Å². The van der Waals surface area contributed by atoms with Crippen molar-refractivity contribution in [1.82, 2.24) is 0 Å². The van der Waals surface area contributed by atoms with Gasteiger partial charge in [-0.25, -0.2) is 4.79 Å². The first-order valence-corrected chi connectivity index (χ1v) is 9.57. The molecule has 128 valence electrons. The Morgan fingerprint density at radius 2 is 1.68 bits per heavy atom. The largest absolute Gasteiger partial charge is 0.509 e. The molecule has 0 aromatic heterocycles. The van der Waals surface area contributed by atoms with Crippen molar-refractivity contribution in [3.05, 3.63) is 0 Å². The number of carbonyl (C=O) groups excluding carboxylic acids is 1. The van der Waals surface area contributed by atoms with E-state index < -0.39 is 6.16 Å². The second kappa shape index (κ2) is 8.79. The topological polar surface area (TPSA) is 35.5 Å². The number of carbonyl (C=O) groups is 1. The molecule has 2 saturated carbocycles. The summed E-state index contributed by atoms with van der Waals surface area (Å²) in [7, 11) is 0. The summed E-state index contributed by atoms with van der Waals surface area (Å²) >= 11 is 0. The lowest BCUT2D eigenvalue weighted by Crippen LogP contribution is -2.38. The van der Waals surface area contributed by atoms with Gasteiger partial charge in [-0.15, -0.1) is 0 Å². The van der Waals surface area contributed by atoms with E-state index >= 15 is 0 Å². The third-order valence-electron chi connectivity index (χ3n) is 5.52. The zero-order chi connectivity index (χ0) is 15.8. The molecule has 0 spiro atoms. The molecule has 22 heavy (non-hydrogen) atoms. The first-order chi connectivity index (χ1) is 10.7. The van der Waals surface area contributed by atoms with Crippen molar-refractivity contribution in [2.45, 2.75) is 109 Å². The Balaban J connectivity index is 1.77. The van der Waals surface area contributed by atoms with E-state index in [4.69, 9.17) is 9.47 Å². The zero-order valence-electron chi connectivity index (χ0n) is 14.6. The lowest BCUT2D eigenvalue weighted by Gasteiger charge is -2.37. The summed E-state index contributed by atoms with van der Waals surface area (Å²) in [5.74, 6) is 0.839. The summed E-state index contributed by atoms with van der Waals surface area (Å²) in [5.41, 5.74) is -0.233. The highest BCUT2D eigenvalue weighted by atomic mass is 16.7. The maximum Gasteiger partial charge on any atom is 0.509 e. The molecule has 3 heteroatoms. The molecule has 0 aromatic rings. The second-order valence-electron chi connectivity index (χ2n) is 7.39. The molecule has 2 aliphatic carbocycles. The molecule has 0 atom stereocenters. The quantitative estimate of drug-likeness (QED) is 0.564. The molecule has 2 rings (SSSR count). The van der Waals surface area contributed by atoms with Crippen LogP contribution in [-0.4, -0.2) is 17.9 Å². The zero-order valence-corrected chi connectivity index (χ0v) is 14.6. The molecule has 0 bridgehead atoms. The Morgan fingerprint density at radius 1 is 1.00 bits per heavy atom. The van der Waals surface area contributed by atoms with Crippen LogP contribution in [0.25, 0.3) is 0 Å². The Hall–Kier alpha value is -0.730. The summed E-state index contributed by atoms with van der Waals surface area (Å²) in [4.78, 5) is 12.2. The summed E-state index contributed by atoms with van der Waals surface area (Å²) in [5, 5.41) is 0. The van der Waals surface area contributed by atoms with E-state index in [0.29, 0.717) is 0 Å². The molecule has 2 aliphatic rings. The summed E-state index contributed by atoms with van der Waals surface area (Å²) in [6, 6.07) is 0. The predicted octanol–water partition coefficient (Wildman–Crippen LogP) is 6.00. The molecule has 0 aromatic carbocycles. The van der Waals surface area contributed by atoms with Crippen molar-refractivity contribution in [3.8, 4) is 0 Å². The van der Waals surface area contributed by atoms with Crippen LogP contribution in [0.3, 0.4) is 0 Å². The molecule has 0 radical (unpaired) electrons. The maximum absolute atomic E-state index is 12.2. The van der Waals surface area contributed by atoms with Crippen LogP contribution in [0.1, 0.15) is 97.3 Å². The lowest BCUT2D eigenvalue weighted by atomic mass is 9.81. The van der Waals surface area contributed by atoms with Gasteiger partial charge in [0.1, 0.15) is 11.7 Å². The predicted molar refractivity (Wildman–Crippen MR) is 88.9 cm³/mol. The minimum absolute atomic E-state index is 0.0860. The van der Waals surface area contributed by atoms with E-state index in [1.807, 2.05) is 0 Å². The molecule has 0 saturated heterocycles. The third-order valence-corrected chi connectivity index (χ3v) is 5.52. The van der Waals surface area contributed by atoms with Crippen LogP contribution in [0.5, 0.6) is 0 Å². The van der Waals surface area contributed by atoms with Crippen molar-refractivity contribution < 1.29 is 14.3 Å². The van der Waals surface area contributed by atoms with Gasteiger partial charge in [-0.05, 0) is 63.7 Å². The van der Waals surface area contributed by atoms with E-state index in [1.165, 1.54) is 44.9 Å². The van der Waals surface area contributed by atoms with Gasteiger partial charge < -0.3 is 9.47 Å². The van der Waals surface area contributed by atoms with Crippen LogP contribution in [0.15, 0.2) is 0 Å². The van der Waals surface area contributed by atoms with E-state index in [0.717, 1.165) is 44.4 Å². The van der Waals surface area contributed by atoms with Gasteiger partial charge in [0.25, 0.3) is 0 Å². The molecule has 0 unspecified atom stereocenters. The van der Waals surface area contributed by atoms with Gasteiger partial charge in [0, 0.05) is 0 Å². The van der Waals surface area contributed by atoms with E-state index in [-0.39, 0.29) is 11.7 Å². The van der Waals surface area contributed by atoms with E-state index in [2.05, 4.69) is 13.8 Å². The maximum atomic E-state index is 12.2. The van der Waals surface area contributed by atoms with Crippen molar-refractivity contribution in [1.29, 1.82) is 0 Å². The minimum atomic E-state index is -0.408. The average Bonchev–Trinajstić information content (AvgIpc) is 2.50. The van der Waals surface area contributed by atoms with Gasteiger partial charge >= 0.3 is 6.16 Å². The van der Waals surface area contributed by atoms with Crippen LogP contribution in [-0.2, 0) is 9.47 Å². The fraction of sp³-hybridized carbons (Fsp3) is 0.947. The van der Waals surface area contributed by atoms with Crippen LogP contribution >= 0.6 is 0 Å². The van der Waals surface area contributed by atoms with Gasteiger partial charge in [-0.1, -0.05) is 39.5 Å². The number of ether oxygens (including phenoxy) is 2. The van der Waals surface area contributed by atoms with Crippen molar-refractivity contribution in [3.63, 3.8) is 0 Å². The molecular weight excluding hydrogens is 276 g/mol. The average molecular weight is 310 g/mol. The SMILES string of the molecule is CCCC1CCC(OC(=O)OC2(CCC)CCCCC2)CC1. The number of rotatable bonds is 6. The fourth-order valence-electron chi connectivity index (χ4n) is 4.34. The molecule has 2 fully saturated rings. The first kappa shape index (κ1) is 17.6. The highest BCUT2D eigenvalue weighted by Crippen LogP contribution is 2.36. The van der Waals surface area contributed by atoms with Crippen molar-refractivity contribution >= 4 is 6.16 Å². The van der Waals surface area contributed by atoms with Crippen molar-refractivity contribution in [2.75, 3.05) is 0 Å². The normalized spacial score (nSPS) is 28.1. The van der Waals surface area contributed by atoms with Crippen molar-refractivity contribution in [2.24, 2.45) is 5.92 Å². The highest BCUT2D eigenvalue weighted by Gasteiger charge is 2.36. The van der Waals surface area contributed by atoms with Gasteiger partial charge in [0.15, 0.2) is 0 Å². The minimum Gasteiger partial charge on any atom is -0.431 e. The third kappa shape index (κ3) is 5.17. The van der Waals surface area contributed by atoms with Gasteiger partial charge in [-0.2, -0.15) is 0 Å². The van der Waals surface area contributed by atoms with Crippen LogP contribution < -0.4 is 0 Å². The number of hydrogen-bond acceptors (Lipinski definition) is 3. The molecule has 3 nitrogen and oxygen atoms in total. The smallest absolute Gasteiger partial charge is 0.431 e. The molecule has 0 amide bonds. The Bertz CT molecular complexity index is 320. The second-order valence-corrected chi connectivity index (χ2v) is 7.39. The monoisotopic (exact) mass is 310 g/mol. The van der Waals surface area contributed by atoms with Crippen LogP contribution in [0.2, 0.25) is 0 Å². The molecule has 0 aliphatic heterocycles. The Labute approximate surface area is 136 Å². The molecular formula is C19H34O3. The summed E-state index contributed by atoms with van der Waals surface area (Å²) < 4.78 is 11.5. The van der Waals surface area contributed by atoms with Crippen LogP contribution in [0.4, 0.5) is 4.79 Å². The Kier molecular flexibility index (Phi) is 7.04. The van der Waals surface area contributed by atoms with E-state index in [9.17, 15) is 4.79 Å². The first-order valence-electron chi connectivity index (χ1n) is 9.57. The molecule has 0 heterocycles. The lowest BCUT2D eigenvalue weighted by molar-refractivity contribution is -0.0765. The molecule has 0 N–H and O–H groups in total. The van der Waals surface area contributed by atoms with Gasteiger partial charge in [0.2, 0.25) is 0 Å². The summed E-state index contributed by atoms with van der Waals surface area (Å²) in [6.07, 6.45) is 14.4. The fourth-order valence-corrected chi connectivity index (χ4v) is 4.34. The van der Waals surface area contributed by atoms with E-state index in [1.54, 1.807) is 0 Å². The van der Waals surface area contributed by atoms with Gasteiger partial charge in [-0.3, -0.25) is 0 Å². The highest BCUT2D eigenvalue weighted by molar-refractivity contribution is 5.61. The summed E-state index contributed by atoms with van der Waals surface area (Å²) in [6.45, 7) is 4.41.